The fraction of sp³-hybridized carbons (Fsp3) is 0.214. The molecule has 0 unspecified atom stereocenters. The summed E-state index contributed by atoms with van der Waals surface area (Å²) in [6.45, 7) is 5.36. The van der Waals surface area contributed by atoms with Gasteiger partial charge in [-0.3, -0.25) is 4.79 Å². The third kappa shape index (κ3) is 3.60. The monoisotopic (exact) mass is 374 g/mol. The number of nitrogen functional groups attached to an aromatic ring is 1. The molecule has 6 nitrogen and oxygen atoms in total. The number of carbonyl (C=O) groups is 1. The van der Waals surface area contributed by atoms with E-state index in [1.165, 1.54) is 0 Å². The first kappa shape index (κ1) is 17.6. The molecule has 0 spiro atoms. The number of carbonyl (C=O) groups excluding carboxylic acids is 1. The highest BCUT2D eigenvalue weighted by molar-refractivity contribution is 6.46. The zero-order valence-electron chi connectivity index (χ0n) is 12.5. The van der Waals surface area contributed by atoms with Crippen molar-refractivity contribution < 1.29 is 9.21 Å². The lowest BCUT2D eigenvalue weighted by atomic mass is 10.2. The summed E-state index contributed by atoms with van der Waals surface area (Å²) in [6, 6.07) is 1.82. The van der Waals surface area contributed by atoms with E-state index >= 15 is 0 Å². The van der Waals surface area contributed by atoms with Crippen LogP contribution in [0.2, 0.25) is 15.2 Å². The van der Waals surface area contributed by atoms with Crippen LogP contribution in [0, 0.1) is 13.8 Å². The fourth-order valence-corrected chi connectivity index (χ4v) is 2.51. The molecule has 0 aromatic carbocycles. The number of halogens is 3. The van der Waals surface area contributed by atoms with Gasteiger partial charge in [0.1, 0.15) is 16.5 Å². The molecule has 0 aliphatic heterocycles. The molecule has 2 rings (SSSR count). The molecule has 0 atom stereocenters. The van der Waals surface area contributed by atoms with Gasteiger partial charge in [0.25, 0.3) is 5.91 Å². The molecule has 2 aromatic rings. The van der Waals surface area contributed by atoms with Gasteiger partial charge in [-0.05, 0) is 26.8 Å². The standard InChI is InChI=1S/C14H13Cl3N4O2/c1-5-4-8(7(3)23-5)6(2)20-21-14(22)12-9(15)11(18)10(16)13(17)19-12/h4H,1-3H3,(H2,18,19)(H,21,22)/b20-6+. The molecule has 0 bridgehead atoms. The number of aryl methyl sites for hydroxylation is 2. The third-order valence-electron chi connectivity index (χ3n) is 3.04. The molecule has 0 aliphatic rings. The lowest BCUT2D eigenvalue weighted by Crippen LogP contribution is -2.21. The highest BCUT2D eigenvalue weighted by Crippen LogP contribution is 2.34. The Balaban J connectivity index is 2.26. The normalized spacial score (nSPS) is 11.7. The van der Waals surface area contributed by atoms with Crippen LogP contribution in [-0.2, 0) is 0 Å². The summed E-state index contributed by atoms with van der Waals surface area (Å²) >= 11 is 17.6. The van der Waals surface area contributed by atoms with Gasteiger partial charge in [0.15, 0.2) is 10.8 Å². The fourth-order valence-electron chi connectivity index (χ4n) is 1.92. The van der Waals surface area contributed by atoms with Crippen LogP contribution in [0.5, 0.6) is 0 Å². The predicted octanol–water partition coefficient (Wildman–Crippen LogP) is 3.99. The van der Waals surface area contributed by atoms with Gasteiger partial charge >= 0.3 is 0 Å². The maximum atomic E-state index is 12.2. The number of pyridine rings is 1. The Morgan fingerprint density at radius 2 is 1.96 bits per heavy atom. The Labute approximate surface area is 147 Å². The second kappa shape index (κ2) is 6.78. The molecule has 1 amide bonds. The largest absolute Gasteiger partial charge is 0.466 e. The van der Waals surface area contributed by atoms with E-state index in [1.54, 1.807) is 13.8 Å². The molecule has 0 radical (unpaired) electrons. The Morgan fingerprint density at radius 3 is 2.52 bits per heavy atom. The summed E-state index contributed by atoms with van der Waals surface area (Å²) in [4.78, 5) is 16.0. The van der Waals surface area contributed by atoms with Crippen LogP contribution in [-0.4, -0.2) is 16.6 Å². The third-order valence-corrected chi connectivity index (χ3v) is 4.18. The van der Waals surface area contributed by atoms with Gasteiger partial charge in [-0.25, -0.2) is 10.4 Å². The zero-order chi connectivity index (χ0) is 17.3. The summed E-state index contributed by atoms with van der Waals surface area (Å²) in [5, 5.41) is 3.81. The molecular formula is C14H13Cl3N4O2. The summed E-state index contributed by atoms with van der Waals surface area (Å²) < 4.78 is 5.42. The van der Waals surface area contributed by atoms with Crippen LogP contribution >= 0.6 is 34.8 Å². The predicted molar refractivity (Wildman–Crippen MR) is 91.5 cm³/mol. The van der Waals surface area contributed by atoms with Crippen molar-refractivity contribution in [3.05, 3.63) is 44.0 Å². The molecule has 0 saturated carbocycles. The maximum Gasteiger partial charge on any atom is 0.291 e. The van der Waals surface area contributed by atoms with Gasteiger partial charge in [-0.15, -0.1) is 0 Å². The average Bonchev–Trinajstić information content (AvgIpc) is 2.84. The van der Waals surface area contributed by atoms with Crippen LogP contribution < -0.4 is 11.2 Å². The number of aromatic nitrogens is 1. The molecule has 3 N–H and O–H groups in total. The first-order chi connectivity index (χ1) is 10.7. The van der Waals surface area contributed by atoms with Crippen LogP contribution in [0.15, 0.2) is 15.6 Å². The minimum Gasteiger partial charge on any atom is -0.466 e. The summed E-state index contributed by atoms with van der Waals surface area (Å²) in [7, 11) is 0. The lowest BCUT2D eigenvalue weighted by Gasteiger charge is -2.08. The lowest BCUT2D eigenvalue weighted by molar-refractivity contribution is 0.0950. The number of hydrazone groups is 1. The SMILES string of the molecule is C/C(=N\NC(=O)c1nc(Cl)c(Cl)c(N)c1Cl)c1cc(C)oc1C. The van der Waals surface area contributed by atoms with E-state index in [4.69, 9.17) is 45.0 Å². The van der Waals surface area contributed by atoms with Gasteiger partial charge in [0, 0.05) is 5.56 Å². The maximum absolute atomic E-state index is 12.2. The van der Waals surface area contributed by atoms with Crippen molar-refractivity contribution in [1.29, 1.82) is 0 Å². The second-order valence-electron chi connectivity index (χ2n) is 4.76. The molecule has 9 heteroatoms. The van der Waals surface area contributed by atoms with Crippen molar-refractivity contribution in [3.63, 3.8) is 0 Å². The van der Waals surface area contributed by atoms with Gasteiger partial charge in [0.2, 0.25) is 0 Å². The van der Waals surface area contributed by atoms with Crippen LogP contribution in [0.3, 0.4) is 0 Å². The van der Waals surface area contributed by atoms with Crippen LogP contribution in [0.1, 0.15) is 34.5 Å². The first-order valence-electron chi connectivity index (χ1n) is 6.44. The number of nitrogens with one attached hydrogen (secondary N) is 1. The van der Waals surface area contributed by atoms with Crippen molar-refractivity contribution in [2.75, 3.05) is 5.73 Å². The minimum absolute atomic E-state index is 0.00241. The first-order valence-corrected chi connectivity index (χ1v) is 7.57. The van der Waals surface area contributed by atoms with Crippen molar-refractivity contribution in [3.8, 4) is 0 Å². The molecule has 0 saturated heterocycles. The second-order valence-corrected chi connectivity index (χ2v) is 5.87. The van der Waals surface area contributed by atoms with E-state index in [0.29, 0.717) is 11.5 Å². The molecule has 2 heterocycles. The topological polar surface area (TPSA) is 93.5 Å². The molecule has 2 aromatic heterocycles. The Hall–Kier alpha value is -1.76. The quantitative estimate of drug-likeness (QED) is 0.482. The summed E-state index contributed by atoms with van der Waals surface area (Å²) in [5.74, 6) is 0.797. The highest BCUT2D eigenvalue weighted by atomic mass is 35.5. The summed E-state index contributed by atoms with van der Waals surface area (Å²) in [6.07, 6.45) is 0. The van der Waals surface area contributed by atoms with Gasteiger partial charge in [-0.1, -0.05) is 34.8 Å². The Morgan fingerprint density at radius 1 is 1.30 bits per heavy atom. The van der Waals surface area contributed by atoms with Crippen molar-refractivity contribution >= 4 is 52.1 Å². The number of rotatable bonds is 3. The molecular weight excluding hydrogens is 363 g/mol. The number of anilines is 1. The van der Waals surface area contributed by atoms with E-state index in [1.807, 2.05) is 13.0 Å². The average molecular weight is 376 g/mol. The Kier molecular flexibility index (Phi) is 5.19. The van der Waals surface area contributed by atoms with Crippen molar-refractivity contribution in [2.45, 2.75) is 20.8 Å². The van der Waals surface area contributed by atoms with E-state index in [-0.39, 0.29) is 26.6 Å². The number of nitrogens with zero attached hydrogens (tertiary/aromatic N) is 2. The zero-order valence-corrected chi connectivity index (χ0v) is 14.8. The summed E-state index contributed by atoms with van der Waals surface area (Å²) in [5.41, 5.74) is 9.21. The highest BCUT2D eigenvalue weighted by Gasteiger charge is 2.19. The number of hydrogen-bond acceptors (Lipinski definition) is 5. The molecule has 0 aliphatic carbocycles. The molecule has 122 valence electrons. The molecule has 23 heavy (non-hydrogen) atoms. The van der Waals surface area contributed by atoms with Gasteiger partial charge in [0.05, 0.1) is 16.4 Å². The van der Waals surface area contributed by atoms with E-state index < -0.39 is 5.91 Å². The van der Waals surface area contributed by atoms with Crippen molar-refractivity contribution in [2.24, 2.45) is 5.10 Å². The van der Waals surface area contributed by atoms with Gasteiger partial charge < -0.3 is 10.2 Å². The van der Waals surface area contributed by atoms with E-state index in [0.717, 1.165) is 11.3 Å². The number of amides is 1. The minimum atomic E-state index is -0.655. The smallest absolute Gasteiger partial charge is 0.291 e. The molecule has 0 fully saturated rings. The Bertz CT molecular complexity index is 815. The number of hydrogen-bond donors (Lipinski definition) is 2. The van der Waals surface area contributed by atoms with E-state index in [2.05, 4.69) is 15.5 Å². The van der Waals surface area contributed by atoms with Crippen LogP contribution in [0.25, 0.3) is 0 Å². The van der Waals surface area contributed by atoms with E-state index in [9.17, 15) is 4.79 Å². The van der Waals surface area contributed by atoms with Crippen LogP contribution in [0.4, 0.5) is 5.69 Å². The number of nitrogens with two attached hydrogens (primary N) is 1. The number of furan rings is 1. The van der Waals surface area contributed by atoms with Crippen molar-refractivity contribution in [1.82, 2.24) is 10.4 Å². The van der Waals surface area contributed by atoms with Gasteiger partial charge in [-0.2, -0.15) is 5.10 Å².